The van der Waals surface area contributed by atoms with Crippen molar-refractivity contribution < 1.29 is 12.8 Å². The number of rotatable bonds is 6. The van der Waals surface area contributed by atoms with Crippen LogP contribution < -0.4 is 4.72 Å². The summed E-state index contributed by atoms with van der Waals surface area (Å²) < 4.78 is 31.2. The highest BCUT2D eigenvalue weighted by Gasteiger charge is 2.25. The molecule has 0 aliphatic heterocycles. The lowest BCUT2D eigenvalue weighted by molar-refractivity contribution is 0.478. The SMILES string of the molecule is CCC(C#N)S(=O)(=O)NC(C)Cc1ccco1. The highest BCUT2D eigenvalue weighted by atomic mass is 32.2. The van der Waals surface area contributed by atoms with Crippen molar-refractivity contribution in [3.63, 3.8) is 0 Å². The molecule has 0 saturated heterocycles. The van der Waals surface area contributed by atoms with Crippen LogP contribution in [0.5, 0.6) is 0 Å². The van der Waals surface area contributed by atoms with Gasteiger partial charge in [-0.3, -0.25) is 0 Å². The van der Waals surface area contributed by atoms with Crippen LogP contribution in [0, 0.1) is 11.3 Å². The molecule has 17 heavy (non-hydrogen) atoms. The third-order valence-electron chi connectivity index (χ3n) is 2.34. The molecule has 0 spiro atoms. The van der Waals surface area contributed by atoms with Crippen molar-refractivity contribution >= 4 is 10.0 Å². The number of nitrogens with one attached hydrogen (secondary N) is 1. The maximum atomic E-state index is 11.8. The number of hydrogen-bond acceptors (Lipinski definition) is 4. The van der Waals surface area contributed by atoms with Gasteiger partial charge in [0.25, 0.3) is 0 Å². The van der Waals surface area contributed by atoms with Gasteiger partial charge in [0.15, 0.2) is 5.25 Å². The molecule has 0 bridgehead atoms. The van der Waals surface area contributed by atoms with E-state index in [4.69, 9.17) is 9.68 Å². The van der Waals surface area contributed by atoms with E-state index >= 15 is 0 Å². The van der Waals surface area contributed by atoms with Crippen molar-refractivity contribution in [3.8, 4) is 6.07 Å². The van der Waals surface area contributed by atoms with Gasteiger partial charge in [-0.1, -0.05) is 6.92 Å². The Kier molecular flexibility index (Phi) is 4.73. The second-order valence-corrected chi connectivity index (χ2v) is 5.77. The summed E-state index contributed by atoms with van der Waals surface area (Å²) >= 11 is 0. The fraction of sp³-hybridized carbons (Fsp3) is 0.545. The molecule has 1 rings (SSSR count). The Hall–Kier alpha value is -1.32. The van der Waals surface area contributed by atoms with E-state index in [1.165, 1.54) is 0 Å². The van der Waals surface area contributed by atoms with Crippen LogP contribution in [0.4, 0.5) is 0 Å². The van der Waals surface area contributed by atoms with Crippen molar-refractivity contribution in [2.24, 2.45) is 0 Å². The average molecular weight is 256 g/mol. The quantitative estimate of drug-likeness (QED) is 0.834. The molecule has 5 nitrogen and oxygen atoms in total. The number of nitriles is 1. The van der Waals surface area contributed by atoms with Crippen molar-refractivity contribution in [1.82, 2.24) is 4.72 Å². The van der Waals surface area contributed by atoms with Gasteiger partial charge in [0.05, 0.1) is 12.3 Å². The molecule has 1 aromatic rings. The van der Waals surface area contributed by atoms with Crippen LogP contribution in [-0.2, 0) is 16.4 Å². The van der Waals surface area contributed by atoms with Crippen LogP contribution in [0.3, 0.4) is 0 Å². The van der Waals surface area contributed by atoms with Gasteiger partial charge >= 0.3 is 0 Å². The largest absolute Gasteiger partial charge is 0.469 e. The average Bonchev–Trinajstić information content (AvgIpc) is 2.70. The number of furan rings is 1. The molecule has 6 heteroatoms. The van der Waals surface area contributed by atoms with Crippen molar-refractivity contribution in [3.05, 3.63) is 24.2 Å². The van der Waals surface area contributed by atoms with E-state index in [9.17, 15) is 8.42 Å². The standard InChI is InChI=1S/C11H16N2O3S/c1-3-11(8-12)17(14,15)13-9(2)7-10-5-4-6-16-10/h4-6,9,11,13H,3,7H2,1-2H3. The van der Waals surface area contributed by atoms with Crippen molar-refractivity contribution in [1.29, 1.82) is 5.26 Å². The van der Waals surface area contributed by atoms with E-state index in [1.54, 1.807) is 38.3 Å². The van der Waals surface area contributed by atoms with Gasteiger partial charge in [-0.2, -0.15) is 5.26 Å². The molecule has 0 radical (unpaired) electrons. The summed E-state index contributed by atoms with van der Waals surface area (Å²) in [6.45, 7) is 3.41. The summed E-state index contributed by atoms with van der Waals surface area (Å²) in [6, 6.07) is 5.02. The fourth-order valence-corrected chi connectivity index (χ4v) is 2.90. The Labute approximate surface area is 101 Å². The van der Waals surface area contributed by atoms with E-state index in [-0.39, 0.29) is 12.5 Å². The number of hydrogen-bond donors (Lipinski definition) is 1. The van der Waals surface area contributed by atoms with Crippen LogP contribution in [0.25, 0.3) is 0 Å². The van der Waals surface area contributed by atoms with Gasteiger partial charge in [0.2, 0.25) is 10.0 Å². The summed E-state index contributed by atoms with van der Waals surface area (Å²) in [5.41, 5.74) is 0. The third-order valence-corrected chi connectivity index (χ3v) is 4.26. The first-order valence-corrected chi connectivity index (χ1v) is 6.97. The fourth-order valence-electron chi connectivity index (χ4n) is 1.51. The monoisotopic (exact) mass is 256 g/mol. The summed E-state index contributed by atoms with van der Waals surface area (Å²) in [6.07, 6.45) is 2.29. The summed E-state index contributed by atoms with van der Waals surface area (Å²) in [7, 11) is -3.58. The lowest BCUT2D eigenvalue weighted by Gasteiger charge is -2.15. The predicted octanol–water partition coefficient (Wildman–Crippen LogP) is 1.43. The van der Waals surface area contributed by atoms with E-state index in [1.807, 2.05) is 0 Å². The zero-order valence-electron chi connectivity index (χ0n) is 9.88. The van der Waals surface area contributed by atoms with E-state index in [2.05, 4.69) is 4.72 Å². The van der Waals surface area contributed by atoms with Gasteiger partial charge in [-0.25, -0.2) is 13.1 Å². The molecule has 2 unspecified atom stereocenters. The number of nitrogens with zero attached hydrogens (tertiary/aromatic N) is 1. The Morgan fingerprint density at radius 1 is 1.59 bits per heavy atom. The molecule has 0 aliphatic carbocycles. The maximum Gasteiger partial charge on any atom is 0.228 e. The van der Waals surface area contributed by atoms with E-state index < -0.39 is 15.3 Å². The van der Waals surface area contributed by atoms with E-state index in [0.29, 0.717) is 12.2 Å². The molecule has 1 heterocycles. The van der Waals surface area contributed by atoms with Crippen LogP contribution in [0.2, 0.25) is 0 Å². The minimum Gasteiger partial charge on any atom is -0.469 e. The maximum absolute atomic E-state index is 11.8. The Bertz CT molecular complexity index is 473. The predicted molar refractivity (Wildman–Crippen MR) is 63.6 cm³/mol. The van der Waals surface area contributed by atoms with E-state index in [0.717, 1.165) is 0 Å². The van der Waals surface area contributed by atoms with Crippen LogP contribution in [-0.4, -0.2) is 19.7 Å². The molecule has 0 aromatic carbocycles. The first kappa shape index (κ1) is 13.7. The molecular weight excluding hydrogens is 240 g/mol. The van der Waals surface area contributed by atoms with Crippen LogP contribution in [0.1, 0.15) is 26.0 Å². The van der Waals surface area contributed by atoms with Crippen molar-refractivity contribution in [2.75, 3.05) is 0 Å². The van der Waals surface area contributed by atoms with Gasteiger partial charge in [-0.15, -0.1) is 0 Å². The molecule has 1 N–H and O–H groups in total. The van der Waals surface area contributed by atoms with Gasteiger partial charge in [0.1, 0.15) is 5.76 Å². The Balaban J connectivity index is 2.62. The minimum absolute atomic E-state index is 0.277. The van der Waals surface area contributed by atoms with Crippen LogP contribution >= 0.6 is 0 Å². The van der Waals surface area contributed by atoms with Gasteiger partial charge in [-0.05, 0) is 25.5 Å². The molecule has 0 fully saturated rings. The van der Waals surface area contributed by atoms with Crippen molar-refractivity contribution in [2.45, 2.75) is 38.0 Å². The summed E-state index contributed by atoms with van der Waals surface area (Å²) in [4.78, 5) is 0. The second kappa shape index (κ2) is 5.84. The smallest absolute Gasteiger partial charge is 0.228 e. The Morgan fingerprint density at radius 2 is 2.29 bits per heavy atom. The molecule has 1 aromatic heterocycles. The number of sulfonamides is 1. The molecule has 0 aliphatic rings. The normalized spacial score (nSPS) is 15.1. The molecular formula is C11H16N2O3S. The third kappa shape index (κ3) is 3.88. The zero-order valence-corrected chi connectivity index (χ0v) is 10.7. The lowest BCUT2D eigenvalue weighted by atomic mass is 10.2. The minimum atomic E-state index is -3.58. The van der Waals surface area contributed by atoms with Gasteiger partial charge < -0.3 is 4.42 Å². The van der Waals surface area contributed by atoms with Crippen LogP contribution in [0.15, 0.2) is 22.8 Å². The first-order valence-electron chi connectivity index (χ1n) is 5.42. The second-order valence-electron chi connectivity index (χ2n) is 3.87. The highest BCUT2D eigenvalue weighted by Crippen LogP contribution is 2.08. The summed E-state index contributed by atoms with van der Waals surface area (Å²) in [5.74, 6) is 0.713. The topological polar surface area (TPSA) is 83.1 Å². The first-order chi connectivity index (χ1) is 7.99. The molecule has 0 amide bonds. The molecule has 2 atom stereocenters. The lowest BCUT2D eigenvalue weighted by Crippen LogP contribution is -2.39. The Morgan fingerprint density at radius 3 is 2.76 bits per heavy atom. The molecule has 94 valence electrons. The zero-order chi connectivity index (χ0) is 12.9. The highest BCUT2D eigenvalue weighted by molar-refractivity contribution is 7.90. The summed E-state index contributed by atoms with van der Waals surface area (Å²) in [5, 5.41) is 7.74. The molecule has 0 saturated carbocycles. The van der Waals surface area contributed by atoms with Gasteiger partial charge in [0, 0.05) is 12.5 Å².